The predicted octanol–water partition coefficient (Wildman–Crippen LogP) is 2.50. The number of thioether (sulfide) groups is 1. The lowest BCUT2D eigenvalue weighted by molar-refractivity contribution is 0.283. The van der Waals surface area contributed by atoms with Crippen LogP contribution in [0.25, 0.3) is 10.9 Å². The molecule has 0 aliphatic carbocycles. The van der Waals surface area contributed by atoms with Gasteiger partial charge in [0.25, 0.3) is 0 Å². The van der Waals surface area contributed by atoms with Gasteiger partial charge in [0.15, 0.2) is 0 Å². The van der Waals surface area contributed by atoms with E-state index in [1.165, 1.54) is 10.9 Å². The molecule has 0 fully saturated rings. The maximum absolute atomic E-state index is 9.21. The van der Waals surface area contributed by atoms with Crippen molar-refractivity contribution >= 4 is 22.7 Å². The minimum absolute atomic E-state index is 0.115. The summed E-state index contributed by atoms with van der Waals surface area (Å²) < 4.78 is 2.24. The summed E-state index contributed by atoms with van der Waals surface area (Å²) in [6.45, 7) is 1.14. The van der Waals surface area contributed by atoms with Gasteiger partial charge in [0.05, 0.1) is 6.61 Å². The molecule has 0 bridgehead atoms. The van der Waals surface area contributed by atoms with E-state index in [4.69, 9.17) is 0 Å². The molecule has 0 unspecified atom stereocenters. The first-order chi connectivity index (χ1) is 7.36. The predicted molar refractivity (Wildman–Crippen MR) is 66.2 cm³/mol. The van der Waals surface area contributed by atoms with E-state index in [0.29, 0.717) is 0 Å². The molecule has 1 aromatic carbocycles. The van der Waals surface area contributed by atoms with Gasteiger partial charge >= 0.3 is 0 Å². The van der Waals surface area contributed by atoms with Crippen LogP contribution in [0, 0.1) is 0 Å². The summed E-state index contributed by atoms with van der Waals surface area (Å²) in [5.41, 5.74) is 2.23. The van der Waals surface area contributed by atoms with Crippen molar-refractivity contribution in [3.63, 3.8) is 0 Å². The molecule has 1 heterocycles. The van der Waals surface area contributed by atoms with E-state index in [9.17, 15) is 5.11 Å². The summed E-state index contributed by atoms with van der Waals surface area (Å²) in [6.07, 6.45) is 4.21. The molecule has 80 valence electrons. The third kappa shape index (κ3) is 2.03. The lowest BCUT2D eigenvalue weighted by Crippen LogP contribution is -1.98. The molecule has 1 aromatic heterocycles. The molecule has 3 heteroatoms. The van der Waals surface area contributed by atoms with Crippen LogP contribution in [0.4, 0.5) is 0 Å². The van der Waals surface area contributed by atoms with Gasteiger partial charge in [-0.2, -0.15) is 11.8 Å². The number of rotatable bonds is 4. The molecule has 0 spiro atoms. The highest BCUT2D eigenvalue weighted by Crippen LogP contribution is 2.20. The lowest BCUT2D eigenvalue weighted by atomic mass is 10.1. The van der Waals surface area contributed by atoms with Crippen molar-refractivity contribution in [2.45, 2.75) is 13.2 Å². The SMILES string of the molecule is CSCCn1ccc2c(CO)cccc21. The van der Waals surface area contributed by atoms with E-state index in [1.807, 2.05) is 23.9 Å². The number of aliphatic hydroxyl groups excluding tert-OH is 1. The Morgan fingerprint density at radius 3 is 2.93 bits per heavy atom. The van der Waals surface area contributed by atoms with Crippen molar-refractivity contribution in [2.24, 2.45) is 0 Å². The smallest absolute Gasteiger partial charge is 0.0688 e. The zero-order valence-corrected chi connectivity index (χ0v) is 9.63. The van der Waals surface area contributed by atoms with Crippen LogP contribution in [0.1, 0.15) is 5.56 Å². The maximum atomic E-state index is 9.21. The van der Waals surface area contributed by atoms with Crippen molar-refractivity contribution in [2.75, 3.05) is 12.0 Å². The average Bonchev–Trinajstić information content (AvgIpc) is 2.69. The fourth-order valence-electron chi connectivity index (χ4n) is 1.81. The van der Waals surface area contributed by atoms with E-state index < -0.39 is 0 Å². The first kappa shape index (κ1) is 10.6. The van der Waals surface area contributed by atoms with E-state index in [1.54, 1.807) is 0 Å². The standard InChI is InChI=1S/C12H15NOS/c1-15-8-7-13-6-5-11-10(9-14)3-2-4-12(11)13/h2-6,14H,7-9H2,1H3. The van der Waals surface area contributed by atoms with Gasteiger partial charge in [0.1, 0.15) is 0 Å². The minimum Gasteiger partial charge on any atom is -0.392 e. The van der Waals surface area contributed by atoms with Crippen LogP contribution < -0.4 is 0 Å². The van der Waals surface area contributed by atoms with Crippen LogP contribution in [0.5, 0.6) is 0 Å². The van der Waals surface area contributed by atoms with E-state index in [-0.39, 0.29) is 6.61 Å². The van der Waals surface area contributed by atoms with Crippen LogP contribution in [0.3, 0.4) is 0 Å². The van der Waals surface area contributed by atoms with Gasteiger partial charge in [0.2, 0.25) is 0 Å². The Bertz CT molecular complexity index is 450. The average molecular weight is 221 g/mol. The molecule has 0 radical (unpaired) electrons. The second kappa shape index (κ2) is 4.73. The number of benzene rings is 1. The highest BCUT2D eigenvalue weighted by atomic mass is 32.2. The zero-order valence-electron chi connectivity index (χ0n) is 8.81. The number of hydrogen-bond donors (Lipinski definition) is 1. The Hall–Kier alpha value is -0.930. The molecule has 15 heavy (non-hydrogen) atoms. The number of aromatic nitrogens is 1. The van der Waals surface area contributed by atoms with Crippen LogP contribution in [-0.4, -0.2) is 21.7 Å². The molecule has 1 N–H and O–H groups in total. The summed E-state index contributed by atoms with van der Waals surface area (Å²) in [7, 11) is 0. The van der Waals surface area contributed by atoms with Crippen molar-refractivity contribution in [3.8, 4) is 0 Å². The van der Waals surface area contributed by atoms with Gasteiger partial charge < -0.3 is 9.67 Å². The van der Waals surface area contributed by atoms with Crippen LogP contribution >= 0.6 is 11.8 Å². The fraction of sp³-hybridized carbons (Fsp3) is 0.333. The molecular formula is C12H15NOS. The Morgan fingerprint density at radius 1 is 1.33 bits per heavy atom. The molecule has 0 saturated heterocycles. The maximum Gasteiger partial charge on any atom is 0.0688 e. The third-order valence-electron chi connectivity index (χ3n) is 2.61. The lowest BCUT2D eigenvalue weighted by Gasteiger charge is -2.04. The highest BCUT2D eigenvalue weighted by molar-refractivity contribution is 7.98. The van der Waals surface area contributed by atoms with Crippen molar-refractivity contribution in [1.82, 2.24) is 4.57 Å². The van der Waals surface area contributed by atoms with E-state index in [0.717, 1.165) is 17.9 Å². The van der Waals surface area contributed by atoms with Gasteiger partial charge in [0, 0.05) is 29.4 Å². The minimum atomic E-state index is 0.115. The summed E-state index contributed by atoms with van der Waals surface area (Å²) >= 11 is 1.85. The van der Waals surface area contributed by atoms with E-state index in [2.05, 4.69) is 29.2 Å². The fourth-order valence-corrected chi connectivity index (χ4v) is 2.19. The molecule has 0 aliphatic rings. The summed E-state index contributed by atoms with van der Waals surface area (Å²) in [6, 6.07) is 8.17. The van der Waals surface area contributed by atoms with Crippen molar-refractivity contribution in [3.05, 3.63) is 36.0 Å². The number of aryl methyl sites for hydroxylation is 1. The number of nitrogens with zero attached hydrogens (tertiary/aromatic N) is 1. The molecule has 2 aromatic rings. The third-order valence-corrected chi connectivity index (χ3v) is 3.20. The number of aliphatic hydroxyl groups is 1. The van der Waals surface area contributed by atoms with Gasteiger partial charge in [-0.05, 0) is 24.0 Å². The molecule has 2 nitrogen and oxygen atoms in total. The second-order valence-corrected chi connectivity index (χ2v) is 4.50. The van der Waals surface area contributed by atoms with Gasteiger partial charge in [-0.15, -0.1) is 0 Å². The van der Waals surface area contributed by atoms with Crippen molar-refractivity contribution < 1.29 is 5.11 Å². The first-order valence-corrected chi connectivity index (χ1v) is 6.42. The van der Waals surface area contributed by atoms with Gasteiger partial charge in [-0.3, -0.25) is 0 Å². The Kier molecular flexibility index (Phi) is 3.34. The molecule has 0 saturated carbocycles. The normalized spacial score (nSPS) is 11.1. The van der Waals surface area contributed by atoms with Crippen LogP contribution in [-0.2, 0) is 13.2 Å². The summed E-state index contributed by atoms with van der Waals surface area (Å²) in [4.78, 5) is 0. The summed E-state index contributed by atoms with van der Waals surface area (Å²) in [5, 5.41) is 10.4. The molecule has 0 amide bonds. The van der Waals surface area contributed by atoms with Gasteiger partial charge in [-0.1, -0.05) is 12.1 Å². The van der Waals surface area contributed by atoms with Crippen molar-refractivity contribution in [1.29, 1.82) is 0 Å². The Balaban J connectivity index is 2.42. The Morgan fingerprint density at radius 2 is 2.20 bits per heavy atom. The van der Waals surface area contributed by atoms with Crippen LogP contribution in [0.2, 0.25) is 0 Å². The topological polar surface area (TPSA) is 25.2 Å². The molecule has 0 atom stereocenters. The highest BCUT2D eigenvalue weighted by Gasteiger charge is 2.03. The first-order valence-electron chi connectivity index (χ1n) is 5.03. The summed E-state index contributed by atoms with van der Waals surface area (Å²) in [5.74, 6) is 1.12. The quantitative estimate of drug-likeness (QED) is 0.858. The van der Waals surface area contributed by atoms with E-state index >= 15 is 0 Å². The zero-order chi connectivity index (χ0) is 10.7. The molecular weight excluding hydrogens is 206 g/mol. The molecule has 2 rings (SSSR count). The second-order valence-electron chi connectivity index (χ2n) is 3.51. The van der Waals surface area contributed by atoms with Crippen LogP contribution in [0.15, 0.2) is 30.5 Å². The Labute approximate surface area is 93.9 Å². The molecule has 0 aliphatic heterocycles. The number of hydrogen-bond acceptors (Lipinski definition) is 2. The monoisotopic (exact) mass is 221 g/mol. The van der Waals surface area contributed by atoms with Gasteiger partial charge in [-0.25, -0.2) is 0 Å². The largest absolute Gasteiger partial charge is 0.392 e. The number of fused-ring (bicyclic) bond motifs is 1.